The summed E-state index contributed by atoms with van der Waals surface area (Å²) in [6, 6.07) is 1.20. The van der Waals surface area contributed by atoms with Gasteiger partial charge in [-0.1, -0.05) is 12.2 Å². The van der Waals surface area contributed by atoms with Gasteiger partial charge in [-0.05, 0) is 53.9 Å². The highest BCUT2D eigenvalue weighted by atomic mass is 15.2. The molecule has 0 aromatic carbocycles. The maximum absolute atomic E-state index is 3.78. The third-order valence-corrected chi connectivity index (χ3v) is 3.99. The molecular weight excluding hydrogens is 222 g/mol. The van der Waals surface area contributed by atoms with Crippen molar-refractivity contribution in [2.75, 3.05) is 27.2 Å². The Bertz CT molecular complexity index is 295. The minimum atomic E-state index is 0.455. The molecule has 1 aliphatic rings. The normalized spacial score (nSPS) is 19.7. The second-order valence-electron chi connectivity index (χ2n) is 5.67. The number of hydrogen-bond acceptors (Lipinski definition) is 3. The minimum Gasteiger partial charge on any atom is -0.364 e. The van der Waals surface area contributed by atoms with Gasteiger partial charge in [-0.15, -0.1) is 0 Å². The third kappa shape index (κ3) is 3.85. The molecule has 104 valence electrons. The lowest BCUT2D eigenvalue weighted by molar-refractivity contribution is 0.124. The highest BCUT2D eigenvalue weighted by Crippen LogP contribution is 2.20. The summed E-state index contributed by atoms with van der Waals surface area (Å²) in [5.41, 5.74) is 2.64. The number of rotatable bonds is 5. The fraction of sp³-hybridized carbons (Fsp3) is 0.733. The molecule has 18 heavy (non-hydrogen) atoms. The maximum atomic E-state index is 3.78. The molecule has 1 fully saturated rings. The molecule has 3 heteroatoms. The molecule has 0 saturated carbocycles. The summed E-state index contributed by atoms with van der Waals surface area (Å²) in [6.45, 7) is 12.7. The quantitative estimate of drug-likeness (QED) is 0.809. The van der Waals surface area contributed by atoms with E-state index < -0.39 is 0 Å². The Morgan fingerprint density at radius 1 is 1.33 bits per heavy atom. The summed E-state index contributed by atoms with van der Waals surface area (Å²) < 4.78 is 0. The highest BCUT2D eigenvalue weighted by molar-refractivity contribution is 5.16. The summed E-state index contributed by atoms with van der Waals surface area (Å²) in [4.78, 5) is 4.92. The van der Waals surface area contributed by atoms with E-state index in [-0.39, 0.29) is 0 Å². The van der Waals surface area contributed by atoms with Crippen molar-refractivity contribution < 1.29 is 0 Å². The highest BCUT2D eigenvalue weighted by Gasteiger charge is 2.25. The van der Waals surface area contributed by atoms with E-state index in [1.54, 1.807) is 6.20 Å². The first kappa shape index (κ1) is 15.3. The lowest BCUT2D eigenvalue weighted by Crippen LogP contribution is -2.47. The van der Waals surface area contributed by atoms with Crippen LogP contribution in [0.4, 0.5) is 0 Å². The molecule has 1 N–H and O–H groups in total. The van der Waals surface area contributed by atoms with Gasteiger partial charge in [0, 0.05) is 30.9 Å². The number of allylic oxidation sites excluding steroid dienone is 1. The Kier molecular flexibility index (Phi) is 5.89. The Balaban J connectivity index is 2.61. The number of hydrogen-bond donors (Lipinski definition) is 1. The molecule has 0 spiro atoms. The first-order valence-corrected chi connectivity index (χ1v) is 6.92. The van der Waals surface area contributed by atoms with Crippen molar-refractivity contribution in [3.63, 3.8) is 0 Å². The van der Waals surface area contributed by atoms with Crippen LogP contribution >= 0.6 is 0 Å². The van der Waals surface area contributed by atoms with Crippen LogP contribution in [0.3, 0.4) is 0 Å². The van der Waals surface area contributed by atoms with Gasteiger partial charge in [0.15, 0.2) is 0 Å². The predicted molar refractivity (Wildman–Crippen MR) is 79.5 cm³/mol. The van der Waals surface area contributed by atoms with Crippen LogP contribution in [0.15, 0.2) is 24.0 Å². The Morgan fingerprint density at radius 3 is 2.28 bits per heavy atom. The van der Waals surface area contributed by atoms with Crippen molar-refractivity contribution >= 4 is 0 Å². The van der Waals surface area contributed by atoms with Crippen molar-refractivity contribution in [1.29, 1.82) is 0 Å². The van der Waals surface area contributed by atoms with E-state index in [1.165, 1.54) is 37.2 Å². The Hall–Kier alpha value is -0.800. The zero-order chi connectivity index (χ0) is 13.7. The summed E-state index contributed by atoms with van der Waals surface area (Å²) in [5, 5.41) is 3.30. The largest absolute Gasteiger partial charge is 0.364 e. The zero-order valence-corrected chi connectivity index (χ0v) is 12.7. The van der Waals surface area contributed by atoms with E-state index in [0.29, 0.717) is 6.04 Å². The van der Waals surface area contributed by atoms with Gasteiger partial charge in [0.1, 0.15) is 0 Å². The monoisotopic (exact) mass is 251 g/mol. The van der Waals surface area contributed by atoms with Crippen LogP contribution in [-0.2, 0) is 0 Å². The van der Waals surface area contributed by atoms with Gasteiger partial charge in [0.05, 0.1) is 0 Å². The molecule has 3 nitrogen and oxygen atoms in total. The molecule has 1 heterocycles. The number of nitrogens with zero attached hydrogens (tertiary/aromatic N) is 2. The van der Waals surface area contributed by atoms with Gasteiger partial charge in [-0.25, -0.2) is 0 Å². The average Bonchev–Trinajstić information content (AvgIpc) is 2.35. The van der Waals surface area contributed by atoms with Crippen LogP contribution in [0, 0.1) is 0 Å². The van der Waals surface area contributed by atoms with Crippen LogP contribution in [0.5, 0.6) is 0 Å². The van der Waals surface area contributed by atoms with Crippen molar-refractivity contribution in [2.45, 2.75) is 45.7 Å². The summed E-state index contributed by atoms with van der Waals surface area (Å²) >= 11 is 0. The van der Waals surface area contributed by atoms with Crippen LogP contribution in [0.1, 0.15) is 33.6 Å². The number of nitrogens with one attached hydrogen (secondary N) is 1. The van der Waals surface area contributed by atoms with E-state index in [1.807, 2.05) is 0 Å². The van der Waals surface area contributed by atoms with E-state index in [0.717, 1.165) is 6.04 Å². The van der Waals surface area contributed by atoms with Crippen LogP contribution in [0.2, 0.25) is 0 Å². The summed E-state index contributed by atoms with van der Waals surface area (Å²) in [5.74, 6) is 0. The van der Waals surface area contributed by atoms with Gasteiger partial charge in [0.2, 0.25) is 0 Å². The molecule has 0 radical (unpaired) electrons. The van der Waals surface area contributed by atoms with Crippen molar-refractivity contribution in [3.8, 4) is 0 Å². The van der Waals surface area contributed by atoms with E-state index in [9.17, 15) is 0 Å². The molecule has 1 unspecified atom stereocenters. The van der Waals surface area contributed by atoms with Crippen LogP contribution in [-0.4, -0.2) is 49.1 Å². The number of likely N-dealkylation sites (tertiary alicyclic amines) is 1. The SMILES string of the molecule is C=CNC(=C(C)C)C(C)N1CCC(N(C)C)CC1. The molecule has 1 atom stereocenters. The zero-order valence-electron chi connectivity index (χ0n) is 12.7. The lowest BCUT2D eigenvalue weighted by Gasteiger charge is -2.39. The van der Waals surface area contributed by atoms with E-state index >= 15 is 0 Å². The second-order valence-corrected chi connectivity index (χ2v) is 5.67. The fourth-order valence-electron chi connectivity index (χ4n) is 2.76. The molecule has 0 bridgehead atoms. The molecule has 0 aromatic heterocycles. The van der Waals surface area contributed by atoms with Crippen LogP contribution in [0.25, 0.3) is 0 Å². The summed E-state index contributed by atoms with van der Waals surface area (Å²) in [7, 11) is 4.37. The predicted octanol–water partition coefficient (Wildman–Crippen LogP) is 2.43. The molecule has 1 rings (SSSR count). The topological polar surface area (TPSA) is 18.5 Å². The van der Waals surface area contributed by atoms with E-state index in [4.69, 9.17) is 0 Å². The van der Waals surface area contributed by atoms with Gasteiger partial charge in [-0.3, -0.25) is 4.90 Å². The molecular formula is C15H29N3. The van der Waals surface area contributed by atoms with Gasteiger partial charge >= 0.3 is 0 Å². The Morgan fingerprint density at radius 2 is 1.89 bits per heavy atom. The van der Waals surface area contributed by atoms with Gasteiger partial charge in [0.25, 0.3) is 0 Å². The summed E-state index contributed by atoms with van der Waals surface area (Å²) in [6.07, 6.45) is 4.31. The van der Waals surface area contributed by atoms with Crippen molar-refractivity contribution in [1.82, 2.24) is 15.1 Å². The fourth-order valence-corrected chi connectivity index (χ4v) is 2.76. The van der Waals surface area contributed by atoms with Gasteiger partial charge in [-0.2, -0.15) is 0 Å². The number of piperidine rings is 1. The molecule has 1 aliphatic heterocycles. The second kappa shape index (κ2) is 6.95. The lowest BCUT2D eigenvalue weighted by atomic mass is 10.0. The molecule has 1 saturated heterocycles. The molecule has 0 amide bonds. The standard InChI is InChI=1S/C15H29N3/c1-7-16-15(12(2)3)13(4)18-10-8-14(9-11-18)17(5)6/h7,13-14,16H,1,8-11H2,2-6H3. The maximum Gasteiger partial charge on any atom is 0.0469 e. The molecule has 0 aromatic rings. The molecule has 0 aliphatic carbocycles. The van der Waals surface area contributed by atoms with E-state index in [2.05, 4.69) is 56.6 Å². The Labute approximate surface area is 113 Å². The van der Waals surface area contributed by atoms with Gasteiger partial charge < -0.3 is 10.2 Å². The average molecular weight is 251 g/mol. The first-order chi connectivity index (χ1) is 8.47. The smallest absolute Gasteiger partial charge is 0.0469 e. The first-order valence-electron chi connectivity index (χ1n) is 6.92. The minimum absolute atomic E-state index is 0.455. The van der Waals surface area contributed by atoms with Crippen molar-refractivity contribution in [2.24, 2.45) is 0 Å². The van der Waals surface area contributed by atoms with Crippen LogP contribution < -0.4 is 5.32 Å². The van der Waals surface area contributed by atoms with Crippen molar-refractivity contribution in [3.05, 3.63) is 24.0 Å². The third-order valence-electron chi connectivity index (χ3n) is 3.99.